The number of carbonyl (C=O) groups is 3. The second-order valence-corrected chi connectivity index (χ2v) is 6.05. The Bertz CT molecular complexity index is 534. The molecule has 0 aliphatic heterocycles. The van der Waals surface area contributed by atoms with Gasteiger partial charge in [0, 0.05) is 12.8 Å². The monoisotopic (exact) mass is 321 g/mol. The second kappa shape index (κ2) is 8.92. The fraction of sp³-hybridized carbons (Fsp3) is 0.471. The van der Waals surface area contributed by atoms with Gasteiger partial charge in [0.05, 0.1) is 0 Å². The van der Waals surface area contributed by atoms with Crippen LogP contribution in [-0.2, 0) is 25.7 Å². The molecule has 1 rings (SSSR count). The van der Waals surface area contributed by atoms with Gasteiger partial charge in [0.1, 0.15) is 12.2 Å². The molecular formula is C17H23NO5. The van der Waals surface area contributed by atoms with Gasteiger partial charge in [-0.15, -0.1) is 0 Å². The SMILES string of the molecule is CC(C)(C)OC(=O)NC(=O)CCCC(=O)OCc1ccccc1. The van der Waals surface area contributed by atoms with E-state index in [9.17, 15) is 14.4 Å². The molecule has 0 aromatic heterocycles. The quantitative estimate of drug-likeness (QED) is 0.815. The average molecular weight is 321 g/mol. The van der Waals surface area contributed by atoms with Crippen LogP contribution in [-0.4, -0.2) is 23.6 Å². The third-order valence-electron chi connectivity index (χ3n) is 2.67. The number of imide groups is 1. The number of ether oxygens (including phenoxy) is 2. The number of rotatable bonds is 6. The molecule has 126 valence electrons. The van der Waals surface area contributed by atoms with Gasteiger partial charge >= 0.3 is 12.1 Å². The van der Waals surface area contributed by atoms with Crippen LogP contribution in [0.1, 0.15) is 45.6 Å². The molecule has 0 unspecified atom stereocenters. The number of hydrogen-bond acceptors (Lipinski definition) is 5. The zero-order valence-electron chi connectivity index (χ0n) is 13.8. The van der Waals surface area contributed by atoms with E-state index >= 15 is 0 Å². The number of nitrogens with one attached hydrogen (secondary N) is 1. The summed E-state index contributed by atoms with van der Waals surface area (Å²) in [7, 11) is 0. The van der Waals surface area contributed by atoms with Crippen molar-refractivity contribution in [3.8, 4) is 0 Å². The van der Waals surface area contributed by atoms with E-state index in [0.29, 0.717) is 6.42 Å². The average Bonchev–Trinajstić information content (AvgIpc) is 2.44. The van der Waals surface area contributed by atoms with Gasteiger partial charge in [-0.3, -0.25) is 14.9 Å². The van der Waals surface area contributed by atoms with Crippen LogP contribution < -0.4 is 5.32 Å². The minimum atomic E-state index is -0.783. The molecule has 1 aromatic rings. The summed E-state index contributed by atoms with van der Waals surface area (Å²) in [4.78, 5) is 34.5. The molecule has 0 heterocycles. The smallest absolute Gasteiger partial charge is 0.414 e. The Kier molecular flexibility index (Phi) is 7.25. The van der Waals surface area contributed by atoms with Crippen molar-refractivity contribution in [2.75, 3.05) is 0 Å². The molecule has 1 aromatic carbocycles. The first-order valence-corrected chi connectivity index (χ1v) is 7.48. The van der Waals surface area contributed by atoms with Crippen molar-refractivity contribution in [2.45, 2.75) is 52.2 Å². The van der Waals surface area contributed by atoms with Crippen LogP contribution in [0.5, 0.6) is 0 Å². The van der Waals surface area contributed by atoms with Crippen molar-refractivity contribution < 1.29 is 23.9 Å². The van der Waals surface area contributed by atoms with E-state index in [0.717, 1.165) is 5.56 Å². The Morgan fingerprint density at radius 1 is 1.04 bits per heavy atom. The second-order valence-electron chi connectivity index (χ2n) is 6.05. The Morgan fingerprint density at radius 3 is 2.30 bits per heavy atom. The Hall–Kier alpha value is -2.37. The highest BCUT2D eigenvalue weighted by Crippen LogP contribution is 2.07. The molecule has 0 aliphatic rings. The minimum absolute atomic E-state index is 0.0552. The molecule has 6 nitrogen and oxygen atoms in total. The Balaban J connectivity index is 2.17. The summed E-state index contributed by atoms with van der Waals surface area (Å²) in [6.45, 7) is 5.34. The number of alkyl carbamates (subject to hydrolysis) is 1. The highest BCUT2D eigenvalue weighted by Gasteiger charge is 2.18. The maximum atomic E-state index is 11.6. The molecule has 6 heteroatoms. The van der Waals surface area contributed by atoms with E-state index in [-0.39, 0.29) is 25.4 Å². The first-order chi connectivity index (χ1) is 10.8. The van der Waals surface area contributed by atoms with Crippen LogP contribution in [0.3, 0.4) is 0 Å². The van der Waals surface area contributed by atoms with Gasteiger partial charge in [-0.25, -0.2) is 4.79 Å². The van der Waals surface area contributed by atoms with Crippen molar-refractivity contribution in [3.63, 3.8) is 0 Å². The summed E-state index contributed by atoms with van der Waals surface area (Å²) in [5.74, 6) is -0.853. The first kappa shape index (κ1) is 18.7. The summed E-state index contributed by atoms with van der Waals surface area (Å²) in [5.41, 5.74) is 0.245. The third kappa shape index (κ3) is 9.29. The fourth-order valence-electron chi connectivity index (χ4n) is 1.68. The molecule has 23 heavy (non-hydrogen) atoms. The van der Waals surface area contributed by atoms with Gasteiger partial charge in [0.2, 0.25) is 5.91 Å². The fourth-order valence-corrected chi connectivity index (χ4v) is 1.68. The topological polar surface area (TPSA) is 81.7 Å². The van der Waals surface area contributed by atoms with Gasteiger partial charge in [-0.1, -0.05) is 30.3 Å². The van der Waals surface area contributed by atoms with Crippen LogP contribution in [0, 0.1) is 0 Å². The maximum Gasteiger partial charge on any atom is 0.414 e. The number of carbonyl (C=O) groups excluding carboxylic acids is 3. The predicted molar refractivity (Wildman–Crippen MR) is 84.5 cm³/mol. The van der Waals surface area contributed by atoms with Gasteiger partial charge in [-0.2, -0.15) is 0 Å². The number of benzene rings is 1. The molecule has 1 N–H and O–H groups in total. The van der Waals surface area contributed by atoms with Crippen molar-refractivity contribution in [1.29, 1.82) is 0 Å². The Labute approximate surface area is 136 Å². The molecule has 0 fully saturated rings. The summed E-state index contributed by atoms with van der Waals surface area (Å²) in [6.07, 6.45) is -0.301. The largest absolute Gasteiger partial charge is 0.461 e. The lowest BCUT2D eigenvalue weighted by molar-refractivity contribution is -0.145. The normalized spacial score (nSPS) is 10.7. The molecule has 0 bridgehead atoms. The molecule has 0 spiro atoms. The number of esters is 1. The van der Waals surface area contributed by atoms with E-state index in [1.54, 1.807) is 20.8 Å². The summed E-state index contributed by atoms with van der Waals surface area (Å²) < 4.78 is 10.1. The first-order valence-electron chi connectivity index (χ1n) is 7.48. The zero-order valence-corrected chi connectivity index (χ0v) is 13.8. The minimum Gasteiger partial charge on any atom is -0.461 e. The lowest BCUT2D eigenvalue weighted by Crippen LogP contribution is -2.36. The lowest BCUT2D eigenvalue weighted by atomic mass is 10.2. The summed E-state index contributed by atoms with van der Waals surface area (Å²) in [5, 5.41) is 2.12. The lowest BCUT2D eigenvalue weighted by Gasteiger charge is -2.19. The summed E-state index contributed by atoms with van der Waals surface area (Å²) >= 11 is 0. The number of hydrogen-bond donors (Lipinski definition) is 1. The van der Waals surface area contributed by atoms with E-state index in [1.807, 2.05) is 30.3 Å². The highest BCUT2D eigenvalue weighted by molar-refractivity contribution is 5.91. The van der Waals surface area contributed by atoms with Crippen LogP contribution in [0.4, 0.5) is 4.79 Å². The molecule has 0 atom stereocenters. The van der Waals surface area contributed by atoms with Crippen LogP contribution >= 0.6 is 0 Å². The van der Waals surface area contributed by atoms with Crippen molar-refractivity contribution in [3.05, 3.63) is 35.9 Å². The maximum absolute atomic E-state index is 11.6. The predicted octanol–water partition coefficient (Wildman–Crippen LogP) is 2.95. The van der Waals surface area contributed by atoms with Crippen molar-refractivity contribution in [1.82, 2.24) is 5.32 Å². The van der Waals surface area contributed by atoms with E-state index < -0.39 is 17.6 Å². The molecule has 0 saturated heterocycles. The van der Waals surface area contributed by atoms with Crippen LogP contribution in [0.15, 0.2) is 30.3 Å². The van der Waals surface area contributed by atoms with Gasteiger partial charge in [-0.05, 0) is 32.8 Å². The van der Waals surface area contributed by atoms with E-state index in [1.165, 1.54) is 0 Å². The standard InChI is InChI=1S/C17H23NO5/c1-17(2,3)23-16(21)18-14(19)10-7-11-15(20)22-12-13-8-5-4-6-9-13/h4-6,8-9H,7,10-12H2,1-3H3,(H,18,19,21). The van der Waals surface area contributed by atoms with Gasteiger partial charge < -0.3 is 9.47 Å². The van der Waals surface area contributed by atoms with Crippen molar-refractivity contribution >= 4 is 18.0 Å². The van der Waals surface area contributed by atoms with Gasteiger partial charge in [0.15, 0.2) is 0 Å². The van der Waals surface area contributed by atoms with E-state index in [4.69, 9.17) is 9.47 Å². The molecule has 0 radical (unpaired) electrons. The number of amides is 2. The van der Waals surface area contributed by atoms with Gasteiger partial charge in [0.25, 0.3) is 0 Å². The third-order valence-corrected chi connectivity index (χ3v) is 2.67. The molecule has 2 amide bonds. The van der Waals surface area contributed by atoms with Crippen LogP contribution in [0.2, 0.25) is 0 Å². The molecule has 0 aliphatic carbocycles. The van der Waals surface area contributed by atoms with Crippen molar-refractivity contribution in [2.24, 2.45) is 0 Å². The molecular weight excluding hydrogens is 298 g/mol. The highest BCUT2D eigenvalue weighted by atomic mass is 16.6. The Morgan fingerprint density at radius 2 is 1.70 bits per heavy atom. The molecule has 0 saturated carbocycles. The van der Waals surface area contributed by atoms with Crippen LogP contribution in [0.25, 0.3) is 0 Å². The van der Waals surface area contributed by atoms with E-state index in [2.05, 4.69) is 5.32 Å². The summed E-state index contributed by atoms with van der Waals surface area (Å²) in [6, 6.07) is 9.34. The zero-order chi connectivity index (χ0) is 17.3.